The van der Waals surface area contributed by atoms with Crippen molar-refractivity contribution in [2.75, 3.05) is 38.8 Å². The summed E-state index contributed by atoms with van der Waals surface area (Å²) in [5.41, 5.74) is 3.58. The van der Waals surface area contributed by atoms with E-state index in [1.54, 1.807) is 25.7 Å². The number of methoxy groups -OCH3 is 2. The molecule has 0 fully saturated rings. The molecule has 1 aromatic heterocycles. The molecule has 0 amide bonds. The molecule has 0 aliphatic carbocycles. The summed E-state index contributed by atoms with van der Waals surface area (Å²) in [6.07, 6.45) is 1.83. The zero-order chi connectivity index (χ0) is 33.9. The summed E-state index contributed by atoms with van der Waals surface area (Å²) >= 11 is 5.01. The number of carbonyl (C=O) groups excluding carboxylic acids is 1. The van der Waals surface area contributed by atoms with Crippen LogP contribution in [-0.2, 0) is 9.53 Å². The summed E-state index contributed by atoms with van der Waals surface area (Å²) in [6, 6.07) is 24.3. The van der Waals surface area contributed by atoms with Crippen molar-refractivity contribution in [1.29, 1.82) is 0 Å². The molecule has 0 bridgehead atoms. The number of anilines is 1. The van der Waals surface area contributed by atoms with Crippen LogP contribution < -0.4 is 29.3 Å². The molecule has 1 atom stereocenters. The zero-order valence-electron chi connectivity index (χ0n) is 27.5. The fourth-order valence-electron chi connectivity index (χ4n) is 6.24. The smallest absolute Gasteiger partial charge is 0.338 e. The fraction of sp³-hybridized carbons (Fsp3) is 0.237. The number of ether oxygens (including phenoxy) is 3. The lowest BCUT2D eigenvalue weighted by atomic mass is 9.89. The van der Waals surface area contributed by atoms with E-state index in [0.29, 0.717) is 32.1 Å². The van der Waals surface area contributed by atoms with Crippen LogP contribution in [0.4, 0.5) is 5.69 Å². The molecule has 6 rings (SSSR count). The number of nitrogens with zero attached hydrogens (tertiary/aromatic N) is 3. The van der Waals surface area contributed by atoms with Crippen molar-refractivity contribution in [3.63, 3.8) is 0 Å². The first-order valence-corrected chi connectivity index (χ1v) is 17.4. The second kappa shape index (κ2) is 14.2. The van der Waals surface area contributed by atoms with Gasteiger partial charge in [0.05, 0.1) is 42.3 Å². The van der Waals surface area contributed by atoms with Gasteiger partial charge in [0, 0.05) is 40.3 Å². The third-order valence-electron chi connectivity index (χ3n) is 8.49. The van der Waals surface area contributed by atoms with Gasteiger partial charge in [-0.2, -0.15) is 0 Å². The van der Waals surface area contributed by atoms with Gasteiger partial charge >= 0.3 is 5.97 Å². The van der Waals surface area contributed by atoms with Crippen LogP contribution in [0.1, 0.15) is 43.5 Å². The van der Waals surface area contributed by atoms with E-state index in [9.17, 15) is 9.59 Å². The lowest BCUT2D eigenvalue weighted by Gasteiger charge is -2.28. The van der Waals surface area contributed by atoms with Gasteiger partial charge in [-0.25, -0.2) is 9.79 Å². The van der Waals surface area contributed by atoms with E-state index in [2.05, 4.69) is 34.7 Å². The maximum absolute atomic E-state index is 14.7. The molecule has 0 spiro atoms. The van der Waals surface area contributed by atoms with Crippen molar-refractivity contribution in [2.45, 2.75) is 26.8 Å². The lowest BCUT2D eigenvalue weighted by Crippen LogP contribution is -2.40. The van der Waals surface area contributed by atoms with Crippen LogP contribution in [0.5, 0.6) is 11.5 Å². The highest BCUT2D eigenvalue weighted by molar-refractivity contribution is 9.10. The van der Waals surface area contributed by atoms with Gasteiger partial charge in [-0.15, -0.1) is 0 Å². The Balaban J connectivity index is 1.70. The minimum absolute atomic E-state index is 0.159. The molecule has 2 heterocycles. The molecule has 10 heteroatoms. The third kappa shape index (κ3) is 5.95. The van der Waals surface area contributed by atoms with Gasteiger partial charge in [-0.1, -0.05) is 72.0 Å². The number of aromatic nitrogens is 1. The highest BCUT2D eigenvalue weighted by Gasteiger charge is 2.37. The number of carbonyl (C=O) groups is 1. The second-order valence-electron chi connectivity index (χ2n) is 11.1. The van der Waals surface area contributed by atoms with Gasteiger partial charge < -0.3 is 19.1 Å². The molecule has 1 aliphatic heterocycles. The quantitative estimate of drug-likeness (QED) is 0.149. The minimum atomic E-state index is -0.891. The normalized spacial score (nSPS) is 14.5. The van der Waals surface area contributed by atoms with Crippen LogP contribution in [0.3, 0.4) is 0 Å². The number of thiazole rings is 1. The van der Waals surface area contributed by atoms with Crippen LogP contribution in [0.25, 0.3) is 22.5 Å². The maximum atomic E-state index is 14.7. The van der Waals surface area contributed by atoms with Crippen molar-refractivity contribution < 1.29 is 19.0 Å². The summed E-state index contributed by atoms with van der Waals surface area (Å²) in [7, 11) is 3.22. The lowest BCUT2D eigenvalue weighted by molar-refractivity contribution is -0.138. The molecule has 48 heavy (non-hydrogen) atoms. The first kappa shape index (κ1) is 33.2. The van der Waals surface area contributed by atoms with E-state index < -0.39 is 12.0 Å². The number of hydrogen-bond acceptors (Lipinski definition) is 8. The van der Waals surface area contributed by atoms with Crippen molar-refractivity contribution in [3.05, 3.63) is 125 Å². The van der Waals surface area contributed by atoms with Gasteiger partial charge in [-0.3, -0.25) is 9.36 Å². The van der Waals surface area contributed by atoms with Crippen molar-refractivity contribution in [1.82, 2.24) is 4.57 Å². The summed E-state index contributed by atoms with van der Waals surface area (Å²) < 4.78 is 20.4. The van der Waals surface area contributed by atoms with E-state index in [4.69, 9.17) is 19.2 Å². The van der Waals surface area contributed by atoms with Gasteiger partial charge in [0.25, 0.3) is 5.56 Å². The summed E-state index contributed by atoms with van der Waals surface area (Å²) in [4.78, 5) is 36.4. The minimum Gasteiger partial charge on any atom is -0.496 e. The van der Waals surface area contributed by atoms with Crippen molar-refractivity contribution in [2.24, 2.45) is 4.99 Å². The first-order valence-electron chi connectivity index (χ1n) is 15.8. The summed E-state index contributed by atoms with van der Waals surface area (Å²) in [5, 5.41) is 1.80. The number of benzene rings is 4. The Labute approximate surface area is 291 Å². The van der Waals surface area contributed by atoms with Crippen LogP contribution in [0.15, 0.2) is 98.7 Å². The number of esters is 1. The summed E-state index contributed by atoms with van der Waals surface area (Å²) in [6.45, 7) is 7.80. The number of fused-ring (bicyclic) bond motifs is 2. The Morgan fingerprint density at radius 2 is 1.67 bits per heavy atom. The SMILES string of the molecule is CCOC(=O)C1=C(c2ccccc2)N=c2s/c(=C/c3cc(Br)c(N(CC)CC)cc3OC)c(=O)n2[C@@H]1c1c(OC)ccc2ccccc12. The van der Waals surface area contributed by atoms with E-state index in [1.165, 1.54) is 11.3 Å². The van der Waals surface area contributed by atoms with E-state index in [0.717, 1.165) is 45.1 Å². The van der Waals surface area contributed by atoms with Gasteiger partial charge in [0.1, 0.15) is 17.5 Å². The Morgan fingerprint density at radius 1 is 0.958 bits per heavy atom. The van der Waals surface area contributed by atoms with E-state index in [1.807, 2.05) is 84.9 Å². The second-order valence-corrected chi connectivity index (χ2v) is 12.9. The van der Waals surface area contributed by atoms with Gasteiger partial charge in [0.2, 0.25) is 0 Å². The first-order chi connectivity index (χ1) is 23.3. The monoisotopic (exact) mass is 725 g/mol. The predicted octanol–water partition coefficient (Wildman–Crippen LogP) is 6.71. The molecular weight excluding hydrogens is 690 g/mol. The van der Waals surface area contributed by atoms with Crippen LogP contribution >= 0.6 is 27.3 Å². The molecular formula is C38H36BrN3O5S. The van der Waals surface area contributed by atoms with Crippen LogP contribution in [0, 0.1) is 0 Å². The highest BCUT2D eigenvalue weighted by atomic mass is 79.9. The maximum Gasteiger partial charge on any atom is 0.338 e. The number of halogens is 1. The molecule has 0 unspecified atom stereocenters. The number of rotatable bonds is 10. The average Bonchev–Trinajstić information content (AvgIpc) is 3.42. The Hall–Kier alpha value is -4.67. The Kier molecular flexibility index (Phi) is 9.84. The summed E-state index contributed by atoms with van der Waals surface area (Å²) in [5.74, 6) is 0.629. The molecule has 246 valence electrons. The Morgan fingerprint density at radius 3 is 2.35 bits per heavy atom. The Bertz CT molecular complexity index is 2220. The average molecular weight is 727 g/mol. The molecule has 0 saturated heterocycles. The predicted molar refractivity (Wildman–Crippen MR) is 196 cm³/mol. The topological polar surface area (TPSA) is 82.4 Å². The highest BCUT2D eigenvalue weighted by Crippen LogP contribution is 2.42. The molecule has 8 nitrogen and oxygen atoms in total. The molecule has 0 saturated carbocycles. The van der Waals surface area contributed by atoms with E-state index in [-0.39, 0.29) is 17.7 Å². The van der Waals surface area contributed by atoms with Gasteiger partial charge in [0.15, 0.2) is 4.80 Å². The van der Waals surface area contributed by atoms with Crippen molar-refractivity contribution in [3.8, 4) is 11.5 Å². The molecule has 1 aliphatic rings. The third-order valence-corrected chi connectivity index (χ3v) is 10.1. The number of hydrogen-bond donors (Lipinski definition) is 0. The molecule has 5 aromatic rings. The van der Waals surface area contributed by atoms with Crippen molar-refractivity contribution >= 4 is 61.5 Å². The fourth-order valence-corrected chi connectivity index (χ4v) is 7.85. The van der Waals surface area contributed by atoms with Gasteiger partial charge in [-0.05, 0) is 65.7 Å². The van der Waals surface area contributed by atoms with Crippen LogP contribution in [-0.4, -0.2) is 44.5 Å². The molecule has 4 aromatic carbocycles. The largest absolute Gasteiger partial charge is 0.496 e. The van der Waals surface area contributed by atoms with Crippen LogP contribution in [0.2, 0.25) is 0 Å². The zero-order valence-corrected chi connectivity index (χ0v) is 29.9. The molecule has 0 N–H and O–H groups in total. The van der Waals surface area contributed by atoms with E-state index >= 15 is 0 Å². The standard InChI is InChI=1S/C38H36BrN3O5S/c1-6-41(7-2)28-22-30(46-5)25(20-27(28)39)21-31-36(43)42-35(32-26-17-13-12-14-23(26)18-19-29(32)45-4)33(37(44)47-8-3)34(40-38(42)48-31)24-15-10-9-11-16-24/h9-22,35H,6-8H2,1-5H3/b31-21+/t35-/m1/s1. The molecule has 0 radical (unpaired) electrons.